The fourth-order valence-electron chi connectivity index (χ4n) is 2.05. The first-order chi connectivity index (χ1) is 16.6. The lowest BCUT2D eigenvalue weighted by Gasteiger charge is -2.60. The molecule has 0 fully saturated rings. The van der Waals surface area contributed by atoms with Crippen molar-refractivity contribution in [1.29, 1.82) is 0 Å². The van der Waals surface area contributed by atoms with Crippen molar-refractivity contribution >= 4 is 313 Å². The number of nitrogens with zero attached hydrogens (tertiary/aromatic N) is 1. The second kappa shape index (κ2) is 14.3. The van der Waals surface area contributed by atoms with E-state index in [4.69, 9.17) is 313 Å². The minimum absolute atomic E-state index is 0.190. The van der Waals surface area contributed by atoms with E-state index in [1.807, 2.05) is 0 Å². The van der Waals surface area contributed by atoms with Crippen LogP contribution in [0.25, 0.3) is 0 Å². The predicted octanol–water partition coefficient (Wildman–Crippen LogP) is 15.8. The zero-order valence-electron chi connectivity index (χ0n) is 16.7. The molecular weight excluding hydrogens is 1120 g/mol. The zero-order chi connectivity index (χ0) is 33.6. The molecule has 0 aromatic rings. The Morgan fingerprint density at radius 2 is 0.325 bits per heavy atom. The molecule has 0 heterocycles. The molecule has 0 aliphatic heterocycles. The van der Waals surface area contributed by atoms with E-state index >= 15 is 0 Å². The second-order valence-corrected chi connectivity index (χ2v) is 25.6. The monoisotopic (exact) mass is 1100 g/mol. The number of hydrogen-bond acceptors (Lipinski definition) is 1. The highest BCUT2D eigenvalue weighted by Gasteiger charge is 2.83. The SMILES string of the molecule is ClC(Cl)(Cl)C(Cl)(Cl)C(Cl)(Cl)C(Cl)(Cl)N(C(Cl)(Cl)C(Cl)(Cl)C(Cl)(Cl)C(Cl)(Cl)Cl)C(Cl)(Cl)C(Cl)(Cl)C(Cl)(Cl)C(Cl)(Cl)Cl. The van der Waals surface area contributed by atoms with E-state index in [2.05, 4.69) is 0 Å². The predicted molar refractivity (Wildman–Crippen MR) is 193 cm³/mol. The van der Waals surface area contributed by atoms with Crippen LogP contribution in [0.5, 0.6) is 0 Å². The summed E-state index contributed by atoms with van der Waals surface area (Å²) in [7, 11) is 0. The van der Waals surface area contributed by atoms with E-state index in [0.717, 1.165) is 0 Å². The topological polar surface area (TPSA) is 3.24 Å². The molecule has 242 valence electrons. The average molecular weight is 1120 g/mol. The van der Waals surface area contributed by atoms with Crippen molar-refractivity contribution in [2.75, 3.05) is 0 Å². The molecule has 0 saturated carbocycles. The fraction of sp³-hybridized carbons (Fsp3) is 1.00. The van der Waals surface area contributed by atoms with Crippen LogP contribution in [0, 0.1) is 0 Å². The molecule has 28 heteroatoms. The van der Waals surface area contributed by atoms with Crippen molar-refractivity contribution in [3.63, 3.8) is 0 Å². The van der Waals surface area contributed by atoms with Crippen LogP contribution in [0.3, 0.4) is 0 Å². The third kappa shape index (κ3) is 8.06. The molecule has 0 N–H and O–H groups in total. The van der Waals surface area contributed by atoms with Gasteiger partial charge in [-0.25, -0.2) is 0 Å². The third-order valence-electron chi connectivity index (χ3n) is 4.23. The van der Waals surface area contributed by atoms with Crippen LogP contribution in [-0.4, -0.2) is 55.6 Å². The van der Waals surface area contributed by atoms with Crippen LogP contribution in [0.1, 0.15) is 0 Å². The summed E-state index contributed by atoms with van der Waals surface area (Å²) in [5.74, 6) is 0. The van der Waals surface area contributed by atoms with Crippen LogP contribution in [0.2, 0.25) is 0 Å². The molecule has 0 radical (unpaired) electrons. The lowest BCUT2D eigenvalue weighted by molar-refractivity contribution is 0.0937. The van der Waals surface area contributed by atoms with Crippen LogP contribution < -0.4 is 0 Å². The highest BCUT2D eigenvalue weighted by atomic mass is 35.6. The second-order valence-electron chi connectivity index (χ2n) is 6.90. The van der Waals surface area contributed by atoms with E-state index in [0.29, 0.717) is 0 Å². The molecule has 0 spiro atoms. The standard InChI is InChI=1S/C12Cl27N/c13-1(14,7(25,26)27)4(19,20)10(34,35)40(11(36,37)5(21,22)2(15,16)8(28,29)30)12(38,39)6(23,24)3(17,18)9(31,32)33. The normalized spacial score (nSPS) is 17.1. The molecule has 0 saturated heterocycles. The molecule has 0 atom stereocenters. The molecule has 0 aromatic carbocycles. The molecular formula is C12Cl27N. The molecule has 1 nitrogen and oxygen atoms in total. The third-order valence-corrected chi connectivity index (χ3v) is 20.3. The lowest BCUT2D eigenvalue weighted by atomic mass is 10.1. The van der Waals surface area contributed by atoms with Gasteiger partial charge >= 0.3 is 0 Å². The van der Waals surface area contributed by atoms with Gasteiger partial charge < -0.3 is 0 Å². The van der Waals surface area contributed by atoms with Gasteiger partial charge in [0, 0.05) is 0 Å². The number of alkyl halides is 27. The van der Waals surface area contributed by atoms with Gasteiger partial charge in [0.25, 0.3) is 0 Å². The van der Waals surface area contributed by atoms with Crippen molar-refractivity contribution in [1.82, 2.24) is 4.90 Å². The Hall–Kier alpha value is 7.79. The molecule has 0 bridgehead atoms. The van der Waals surface area contributed by atoms with Gasteiger partial charge in [-0.15, -0.1) is 0 Å². The van der Waals surface area contributed by atoms with Gasteiger partial charge in [0.2, 0.25) is 50.7 Å². The van der Waals surface area contributed by atoms with Crippen LogP contribution in [-0.2, 0) is 0 Å². The van der Waals surface area contributed by atoms with Crippen LogP contribution in [0.4, 0.5) is 0 Å². The summed E-state index contributed by atoms with van der Waals surface area (Å²) in [6.45, 7) is 0. The Morgan fingerprint density at radius 3 is 0.425 bits per heavy atom. The van der Waals surface area contributed by atoms with Gasteiger partial charge in [-0.3, -0.25) is 0 Å². The largest absolute Gasteiger partial charge is 0.226 e. The highest BCUT2D eigenvalue weighted by molar-refractivity contribution is 6.83. The molecule has 0 aliphatic carbocycles. The molecule has 0 rings (SSSR count). The van der Waals surface area contributed by atoms with Gasteiger partial charge in [0.1, 0.15) is 0 Å². The number of hydrogen-bond donors (Lipinski definition) is 0. The van der Waals surface area contributed by atoms with Gasteiger partial charge in [0.15, 0.2) is 0 Å². The van der Waals surface area contributed by atoms with Crippen molar-refractivity contribution in [3.05, 3.63) is 0 Å². The Morgan fingerprint density at radius 1 is 0.200 bits per heavy atom. The molecule has 40 heavy (non-hydrogen) atoms. The maximum atomic E-state index is 6.53. The quantitative estimate of drug-likeness (QED) is 0.164. The Balaban J connectivity index is 8.21. The summed E-state index contributed by atoms with van der Waals surface area (Å²) < 4.78 is -38.7. The van der Waals surface area contributed by atoms with E-state index in [1.165, 1.54) is 0 Å². The number of rotatable bonds is 9. The van der Waals surface area contributed by atoms with Crippen molar-refractivity contribution in [2.24, 2.45) is 0 Å². The van der Waals surface area contributed by atoms with Crippen molar-refractivity contribution < 1.29 is 0 Å². The highest BCUT2D eigenvalue weighted by Crippen LogP contribution is 2.73. The molecule has 0 unspecified atom stereocenters. The first-order valence-electron chi connectivity index (χ1n) is 8.02. The van der Waals surface area contributed by atoms with Gasteiger partial charge in [-0.05, 0) is 0 Å². The lowest BCUT2D eigenvalue weighted by Crippen LogP contribution is -2.78. The minimum Gasteiger partial charge on any atom is -0.199 e. The zero-order valence-corrected chi connectivity index (χ0v) is 37.1. The Bertz CT molecular complexity index is 792. The van der Waals surface area contributed by atoms with Crippen molar-refractivity contribution in [2.45, 2.75) is 50.7 Å². The Labute approximate surface area is 363 Å². The maximum absolute atomic E-state index is 6.53. The van der Waals surface area contributed by atoms with Gasteiger partial charge in [0.05, 0.1) is 0 Å². The summed E-state index contributed by atoms with van der Waals surface area (Å²) in [4.78, 5) is -0.190. The van der Waals surface area contributed by atoms with E-state index in [1.54, 1.807) is 0 Å². The van der Waals surface area contributed by atoms with Crippen LogP contribution >= 0.6 is 313 Å². The maximum Gasteiger partial charge on any atom is 0.226 e. The van der Waals surface area contributed by atoms with Crippen molar-refractivity contribution in [3.8, 4) is 0 Å². The molecule has 0 aromatic heterocycles. The molecule has 0 aliphatic rings. The smallest absolute Gasteiger partial charge is 0.199 e. The summed E-state index contributed by atoms with van der Waals surface area (Å²) in [6.07, 6.45) is 0. The summed E-state index contributed by atoms with van der Waals surface area (Å²) in [6, 6.07) is 0. The number of halogens is 27. The minimum atomic E-state index is -3.55. The van der Waals surface area contributed by atoms with E-state index in [9.17, 15) is 0 Å². The summed E-state index contributed by atoms with van der Waals surface area (Å²) in [5, 5.41) is 0. The summed E-state index contributed by atoms with van der Waals surface area (Å²) in [5.41, 5.74) is 0. The first kappa shape index (κ1) is 47.8. The van der Waals surface area contributed by atoms with Crippen LogP contribution in [0.15, 0.2) is 0 Å². The Kier molecular flexibility index (Phi) is 17.1. The average Bonchev–Trinajstić information content (AvgIpc) is 2.63. The van der Waals surface area contributed by atoms with Gasteiger partial charge in [-0.2, -0.15) is 4.90 Å². The summed E-state index contributed by atoms with van der Waals surface area (Å²) >= 11 is 167. The van der Waals surface area contributed by atoms with E-state index in [-0.39, 0.29) is 4.90 Å². The van der Waals surface area contributed by atoms with E-state index < -0.39 is 50.7 Å². The fourth-order valence-corrected chi connectivity index (χ4v) is 9.85. The molecule has 0 amide bonds. The van der Waals surface area contributed by atoms with Gasteiger partial charge in [-0.1, -0.05) is 313 Å². The first-order valence-corrected chi connectivity index (χ1v) is 18.2.